The topological polar surface area (TPSA) is 104 Å². The van der Waals surface area contributed by atoms with Crippen LogP contribution < -0.4 is 16.0 Å². The third-order valence-corrected chi connectivity index (χ3v) is 5.72. The minimum absolute atomic E-state index is 0.0823. The number of hydrogen-bond acceptors (Lipinski definition) is 5. The summed E-state index contributed by atoms with van der Waals surface area (Å²) in [4.78, 5) is 44.1. The highest BCUT2D eigenvalue weighted by Gasteiger charge is 2.42. The number of carbonyl (C=O) groups is 4. The number of amides is 3. The van der Waals surface area contributed by atoms with Gasteiger partial charge in [-0.05, 0) is 12.8 Å². The number of hydrogen-bond donors (Lipinski definition) is 3. The molecule has 0 radical (unpaired) electrons. The Hall–Kier alpha value is -1.57. The zero-order chi connectivity index (χ0) is 16.7. The van der Waals surface area contributed by atoms with Gasteiger partial charge in [0.2, 0.25) is 5.91 Å². The van der Waals surface area contributed by atoms with Gasteiger partial charge in [0.1, 0.15) is 12.6 Å². The summed E-state index contributed by atoms with van der Waals surface area (Å²) < 4.78 is 0. The molecule has 2 rings (SSSR count). The maximum absolute atomic E-state index is 11.8. The van der Waals surface area contributed by atoms with Gasteiger partial charge in [0.15, 0.2) is 0 Å². The summed E-state index contributed by atoms with van der Waals surface area (Å²) in [6.45, 7) is 0. The lowest BCUT2D eigenvalue weighted by atomic mass is 10.0. The first-order valence-corrected chi connectivity index (χ1v) is 9.04. The van der Waals surface area contributed by atoms with Crippen molar-refractivity contribution in [3.05, 3.63) is 0 Å². The van der Waals surface area contributed by atoms with Crippen LogP contribution in [0.2, 0.25) is 0 Å². The Kier molecular flexibility index (Phi) is 6.88. The lowest BCUT2D eigenvalue weighted by Crippen LogP contribution is -2.37. The molecule has 2 aliphatic heterocycles. The number of unbranched alkanes of at least 4 members (excludes halogenated alkanes) is 1. The number of aldehydes is 2. The molecule has 0 aromatic rings. The molecule has 128 valence electrons. The van der Waals surface area contributed by atoms with Crippen molar-refractivity contribution in [3.63, 3.8) is 0 Å². The zero-order valence-electron chi connectivity index (χ0n) is 13.0. The van der Waals surface area contributed by atoms with Crippen LogP contribution in [0.1, 0.15) is 38.5 Å². The molecule has 2 saturated heterocycles. The molecule has 2 fully saturated rings. The van der Waals surface area contributed by atoms with Crippen molar-refractivity contribution in [3.8, 4) is 0 Å². The molecule has 3 N–H and O–H groups in total. The number of fused-ring (bicyclic) bond motifs is 1. The van der Waals surface area contributed by atoms with Crippen LogP contribution in [-0.4, -0.2) is 53.6 Å². The van der Waals surface area contributed by atoms with Crippen molar-refractivity contribution < 1.29 is 19.2 Å². The minimum Gasteiger partial charge on any atom is -0.353 e. The average Bonchev–Trinajstić information content (AvgIpc) is 3.04. The standard InChI is InChI=1S/C15H23N3O4S/c19-7-5-10(6-8-20)16-13(21)4-2-1-3-12-14-11(9-23-12)17-15(22)18-14/h7-8,10-12,14H,1-6,9H2,(H,16,21)(H2,17,18,22)/t11-,12?,14-/m0/s1. The molecule has 0 spiro atoms. The smallest absolute Gasteiger partial charge is 0.315 e. The van der Waals surface area contributed by atoms with Gasteiger partial charge in [-0.1, -0.05) is 6.42 Å². The number of rotatable bonds is 10. The van der Waals surface area contributed by atoms with Crippen molar-refractivity contribution >= 4 is 36.3 Å². The first-order valence-electron chi connectivity index (χ1n) is 7.99. The Morgan fingerprint density at radius 3 is 2.70 bits per heavy atom. The largest absolute Gasteiger partial charge is 0.353 e. The number of urea groups is 1. The molecular formula is C15H23N3O4S. The van der Waals surface area contributed by atoms with E-state index in [1.54, 1.807) is 0 Å². The molecule has 0 aromatic carbocycles. The fraction of sp³-hybridized carbons (Fsp3) is 0.733. The molecule has 1 unspecified atom stereocenters. The molecular weight excluding hydrogens is 318 g/mol. The number of thioether (sulfide) groups is 1. The van der Waals surface area contributed by atoms with Gasteiger partial charge in [0.05, 0.1) is 12.1 Å². The van der Waals surface area contributed by atoms with Crippen LogP contribution in [0, 0.1) is 0 Å². The van der Waals surface area contributed by atoms with Gasteiger partial charge in [-0.2, -0.15) is 11.8 Å². The second-order valence-electron chi connectivity index (χ2n) is 5.94. The predicted octanol–water partition coefficient (Wildman–Crippen LogP) is 0.375. The van der Waals surface area contributed by atoms with E-state index in [2.05, 4.69) is 16.0 Å². The number of nitrogens with one attached hydrogen (secondary N) is 3. The van der Waals surface area contributed by atoms with E-state index in [0.717, 1.165) is 25.0 Å². The number of carbonyl (C=O) groups excluding carboxylic acids is 4. The van der Waals surface area contributed by atoms with Crippen molar-refractivity contribution in [1.82, 2.24) is 16.0 Å². The first-order chi connectivity index (χ1) is 11.1. The third-order valence-electron chi connectivity index (χ3n) is 4.21. The van der Waals surface area contributed by atoms with Crippen molar-refractivity contribution in [2.75, 3.05) is 5.75 Å². The zero-order valence-corrected chi connectivity index (χ0v) is 13.8. The molecule has 23 heavy (non-hydrogen) atoms. The Balaban J connectivity index is 1.61. The van der Waals surface area contributed by atoms with E-state index >= 15 is 0 Å². The van der Waals surface area contributed by atoms with Crippen LogP contribution in [0.25, 0.3) is 0 Å². The second-order valence-corrected chi connectivity index (χ2v) is 7.21. The van der Waals surface area contributed by atoms with Crippen molar-refractivity contribution in [2.24, 2.45) is 0 Å². The molecule has 0 aliphatic carbocycles. The summed E-state index contributed by atoms with van der Waals surface area (Å²) in [6.07, 6.45) is 4.79. The summed E-state index contributed by atoms with van der Waals surface area (Å²) in [5.74, 6) is 0.819. The predicted molar refractivity (Wildman–Crippen MR) is 87.3 cm³/mol. The van der Waals surface area contributed by atoms with Crippen LogP contribution in [-0.2, 0) is 14.4 Å². The second kappa shape index (κ2) is 8.90. The molecule has 8 heteroatoms. The fourth-order valence-corrected chi connectivity index (χ4v) is 4.56. The minimum atomic E-state index is -0.386. The summed E-state index contributed by atoms with van der Waals surface area (Å²) in [5, 5.41) is 8.98. The van der Waals surface area contributed by atoms with E-state index < -0.39 is 0 Å². The average molecular weight is 341 g/mol. The van der Waals surface area contributed by atoms with Crippen LogP contribution >= 0.6 is 11.8 Å². The quantitative estimate of drug-likeness (QED) is 0.303. The highest BCUT2D eigenvalue weighted by molar-refractivity contribution is 8.00. The van der Waals surface area contributed by atoms with Crippen LogP contribution in [0.4, 0.5) is 4.79 Å². The Bertz CT molecular complexity index is 450. The maximum atomic E-state index is 11.8. The lowest BCUT2D eigenvalue weighted by Gasteiger charge is -2.17. The normalized spacial score (nSPS) is 25.6. The van der Waals surface area contributed by atoms with E-state index in [4.69, 9.17) is 0 Å². The van der Waals surface area contributed by atoms with Gasteiger partial charge in [0.25, 0.3) is 0 Å². The van der Waals surface area contributed by atoms with E-state index in [0.29, 0.717) is 24.2 Å². The van der Waals surface area contributed by atoms with Crippen molar-refractivity contribution in [2.45, 2.75) is 61.9 Å². The summed E-state index contributed by atoms with van der Waals surface area (Å²) in [6, 6.07) is -0.0383. The Morgan fingerprint density at radius 1 is 1.26 bits per heavy atom. The molecule has 2 heterocycles. The Morgan fingerprint density at radius 2 is 2.00 bits per heavy atom. The third kappa shape index (κ3) is 5.23. The maximum Gasteiger partial charge on any atom is 0.315 e. The van der Waals surface area contributed by atoms with Gasteiger partial charge in [-0.3, -0.25) is 4.79 Å². The van der Waals surface area contributed by atoms with E-state index in [1.807, 2.05) is 11.8 Å². The van der Waals surface area contributed by atoms with E-state index in [1.165, 1.54) is 0 Å². The fourth-order valence-electron chi connectivity index (χ4n) is 3.02. The molecule has 7 nitrogen and oxygen atoms in total. The van der Waals surface area contributed by atoms with Gasteiger partial charge in [0, 0.05) is 36.3 Å². The highest BCUT2D eigenvalue weighted by Crippen LogP contribution is 2.33. The lowest BCUT2D eigenvalue weighted by molar-refractivity contribution is -0.122. The molecule has 3 amide bonds. The summed E-state index contributed by atoms with van der Waals surface area (Å²) in [7, 11) is 0. The van der Waals surface area contributed by atoms with Gasteiger partial charge < -0.3 is 25.5 Å². The van der Waals surface area contributed by atoms with Crippen molar-refractivity contribution in [1.29, 1.82) is 0 Å². The van der Waals surface area contributed by atoms with Crippen LogP contribution in [0.5, 0.6) is 0 Å². The van der Waals surface area contributed by atoms with E-state index in [-0.39, 0.29) is 42.9 Å². The first kappa shape index (κ1) is 17.8. The van der Waals surface area contributed by atoms with Crippen LogP contribution in [0.3, 0.4) is 0 Å². The van der Waals surface area contributed by atoms with Gasteiger partial charge >= 0.3 is 6.03 Å². The highest BCUT2D eigenvalue weighted by atomic mass is 32.2. The molecule has 3 atom stereocenters. The van der Waals surface area contributed by atoms with E-state index in [9.17, 15) is 19.2 Å². The van der Waals surface area contributed by atoms with Gasteiger partial charge in [-0.15, -0.1) is 0 Å². The molecule has 0 aromatic heterocycles. The summed E-state index contributed by atoms with van der Waals surface area (Å²) >= 11 is 1.86. The summed E-state index contributed by atoms with van der Waals surface area (Å²) in [5.41, 5.74) is 0. The molecule has 2 aliphatic rings. The SMILES string of the molecule is O=CCC(CC=O)NC(=O)CCCCC1SC[C@@H]2NC(=O)N[C@H]12. The molecule has 0 bridgehead atoms. The molecule has 0 saturated carbocycles. The Labute approximate surface area is 139 Å². The monoisotopic (exact) mass is 341 g/mol. The van der Waals surface area contributed by atoms with Crippen LogP contribution in [0.15, 0.2) is 0 Å². The van der Waals surface area contributed by atoms with Gasteiger partial charge in [-0.25, -0.2) is 4.79 Å².